The summed E-state index contributed by atoms with van der Waals surface area (Å²) >= 11 is 0. The summed E-state index contributed by atoms with van der Waals surface area (Å²) in [4.78, 5) is 9.23. The van der Waals surface area contributed by atoms with Gasteiger partial charge >= 0.3 is 0 Å². The highest BCUT2D eigenvalue weighted by Gasteiger charge is 2.37. The number of nitrogens with zero attached hydrogens (tertiary/aromatic N) is 2. The minimum absolute atomic E-state index is 0.246. The van der Waals surface area contributed by atoms with Gasteiger partial charge in [0.15, 0.2) is 0 Å². The van der Waals surface area contributed by atoms with E-state index in [-0.39, 0.29) is 6.71 Å². The van der Waals surface area contributed by atoms with E-state index in [9.17, 15) is 0 Å². The highest BCUT2D eigenvalue weighted by molar-refractivity contribution is 6.97. The predicted molar refractivity (Wildman–Crippen MR) is 136 cm³/mol. The van der Waals surface area contributed by atoms with Gasteiger partial charge in [-0.15, -0.1) is 0 Å². The van der Waals surface area contributed by atoms with Crippen molar-refractivity contribution in [2.45, 2.75) is 12.8 Å². The van der Waals surface area contributed by atoms with E-state index in [1.807, 2.05) is 24.5 Å². The van der Waals surface area contributed by atoms with Crippen LogP contribution in [0.5, 0.6) is 0 Å². The summed E-state index contributed by atoms with van der Waals surface area (Å²) in [7, 11) is 0. The molecule has 0 aliphatic carbocycles. The van der Waals surface area contributed by atoms with E-state index >= 15 is 0 Å². The van der Waals surface area contributed by atoms with Crippen LogP contribution < -0.4 is 16.4 Å². The second-order valence-electron chi connectivity index (χ2n) is 9.03. The van der Waals surface area contributed by atoms with E-state index in [0.717, 1.165) is 24.2 Å². The van der Waals surface area contributed by atoms with Gasteiger partial charge in [-0.1, -0.05) is 83.1 Å². The molecule has 0 N–H and O–H groups in total. The van der Waals surface area contributed by atoms with Crippen LogP contribution in [0.2, 0.25) is 0 Å². The molecule has 0 fully saturated rings. The molecule has 154 valence electrons. The van der Waals surface area contributed by atoms with Crippen LogP contribution in [0.25, 0.3) is 22.5 Å². The van der Waals surface area contributed by atoms with E-state index < -0.39 is 0 Å². The Balaban J connectivity index is 1.46. The van der Waals surface area contributed by atoms with Crippen molar-refractivity contribution in [3.8, 4) is 22.5 Å². The number of hydrogen-bond acceptors (Lipinski definition) is 2. The average Bonchev–Trinajstić information content (AvgIpc) is 2.89. The topological polar surface area (TPSA) is 25.8 Å². The molecule has 0 bridgehead atoms. The molecule has 0 spiro atoms. The zero-order chi connectivity index (χ0) is 21.8. The molecule has 0 radical (unpaired) electrons. The minimum atomic E-state index is 0.246. The zero-order valence-corrected chi connectivity index (χ0v) is 18.2. The van der Waals surface area contributed by atoms with Crippen molar-refractivity contribution in [3.05, 3.63) is 126 Å². The molecule has 0 atom stereocenters. The van der Waals surface area contributed by atoms with Crippen LogP contribution in [0.15, 0.2) is 103 Å². The number of pyridine rings is 2. The first-order chi connectivity index (χ1) is 16.3. The maximum absolute atomic E-state index is 4.61. The molecule has 0 unspecified atom stereocenters. The Labute approximate surface area is 194 Å². The van der Waals surface area contributed by atoms with E-state index in [1.165, 1.54) is 49.8 Å². The van der Waals surface area contributed by atoms with E-state index in [0.29, 0.717) is 0 Å². The highest BCUT2D eigenvalue weighted by Crippen LogP contribution is 2.26. The monoisotopic (exact) mass is 420 g/mol. The second kappa shape index (κ2) is 7.28. The summed E-state index contributed by atoms with van der Waals surface area (Å²) < 4.78 is 0. The lowest BCUT2D eigenvalue weighted by Gasteiger charge is -2.34. The first-order valence-electron chi connectivity index (χ1n) is 11.5. The van der Waals surface area contributed by atoms with Gasteiger partial charge in [-0.25, -0.2) is 0 Å². The third-order valence-corrected chi connectivity index (χ3v) is 7.17. The van der Waals surface area contributed by atoms with Crippen LogP contribution in [0.1, 0.15) is 22.3 Å². The summed E-state index contributed by atoms with van der Waals surface area (Å²) in [5, 5.41) is 0. The van der Waals surface area contributed by atoms with Gasteiger partial charge < -0.3 is 0 Å². The summed E-state index contributed by atoms with van der Waals surface area (Å²) in [6, 6.07) is 32.9. The van der Waals surface area contributed by atoms with Crippen LogP contribution >= 0.6 is 0 Å². The largest absolute Gasteiger partial charge is 0.256 e. The first-order valence-corrected chi connectivity index (χ1v) is 11.5. The molecule has 3 aromatic carbocycles. The number of benzene rings is 3. The summed E-state index contributed by atoms with van der Waals surface area (Å²) in [5.41, 5.74) is 14.5. The van der Waals surface area contributed by atoms with Crippen LogP contribution in [0.3, 0.4) is 0 Å². The van der Waals surface area contributed by atoms with Gasteiger partial charge in [-0.05, 0) is 70.5 Å². The molecule has 33 heavy (non-hydrogen) atoms. The molecule has 0 amide bonds. The van der Waals surface area contributed by atoms with Gasteiger partial charge in [0.25, 0.3) is 0 Å². The molecular formula is C30H21BN2. The molecule has 0 saturated carbocycles. The Morgan fingerprint density at radius 2 is 1.06 bits per heavy atom. The van der Waals surface area contributed by atoms with Crippen molar-refractivity contribution in [2.24, 2.45) is 0 Å². The number of fused-ring (bicyclic) bond motifs is 4. The average molecular weight is 420 g/mol. The summed E-state index contributed by atoms with van der Waals surface area (Å²) in [6.45, 7) is 0.246. The Morgan fingerprint density at radius 3 is 1.55 bits per heavy atom. The van der Waals surface area contributed by atoms with Gasteiger partial charge in [0.2, 0.25) is 6.71 Å². The quantitative estimate of drug-likeness (QED) is 0.393. The van der Waals surface area contributed by atoms with Crippen molar-refractivity contribution in [2.75, 3.05) is 0 Å². The van der Waals surface area contributed by atoms with E-state index in [2.05, 4.69) is 88.8 Å². The van der Waals surface area contributed by atoms with Gasteiger partial charge in [-0.2, -0.15) is 0 Å². The predicted octanol–water partition coefficient (Wildman–Crippen LogP) is 4.14. The third kappa shape index (κ3) is 2.96. The lowest BCUT2D eigenvalue weighted by atomic mass is 9.30. The van der Waals surface area contributed by atoms with Gasteiger partial charge in [0.1, 0.15) is 0 Å². The molecule has 2 aliphatic rings. The van der Waals surface area contributed by atoms with Crippen LogP contribution in [0, 0.1) is 0 Å². The molecule has 2 aromatic heterocycles. The minimum Gasteiger partial charge on any atom is -0.256 e. The van der Waals surface area contributed by atoms with E-state index in [1.54, 1.807) is 0 Å². The molecule has 2 nitrogen and oxygen atoms in total. The molecule has 3 heteroatoms. The van der Waals surface area contributed by atoms with Gasteiger partial charge in [-0.3, -0.25) is 9.97 Å². The number of rotatable bonds is 2. The van der Waals surface area contributed by atoms with Crippen molar-refractivity contribution in [1.82, 2.24) is 9.97 Å². The highest BCUT2D eigenvalue weighted by atomic mass is 14.7. The normalized spacial score (nSPS) is 13.2. The van der Waals surface area contributed by atoms with E-state index in [4.69, 9.17) is 0 Å². The second-order valence-corrected chi connectivity index (χ2v) is 9.03. The fraction of sp³-hybridized carbons (Fsp3) is 0.0667. The van der Waals surface area contributed by atoms with Crippen LogP contribution in [-0.2, 0) is 12.8 Å². The maximum Gasteiger partial charge on any atom is 0.242 e. The lowest BCUT2D eigenvalue weighted by molar-refractivity contribution is 1.15. The Bertz CT molecular complexity index is 1400. The number of hydrogen-bond donors (Lipinski definition) is 0. The van der Waals surface area contributed by atoms with Crippen molar-refractivity contribution < 1.29 is 0 Å². The molecule has 4 heterocycles. The Kier molecular flexibility index (Phi) is 4.10. The Hall–Kier alpha value is -3.98. The lowest BCUT2D eigenvalue weighted by Crippen LogP contribution is -2.61. The first kappa shape index (κ1) is 18.6. The molecular weight excluding hydrogens is 399 g/mol. The molecule has 7 rings (SSSR count). The van der Waals surface area contributed by atoms with Gasteiger partial charge in [0.05, 0.1) is 11.4 Å². The van der Waals surface area contributed by atoms with Crippen LogP contribution in [0.4, 0.5) is 0 Å². The summed E-state index contributed by atoms with van der Waals surface area (Å²) in [6.07, 6.45) is 5.73. The molecule has 5 aromatic rings. The zero-order valence-electron chi connectivity index (χ0n) is 18.2. The van der Waals surface area contributed by atoms with Crippen molar-refractivity contribution in [1.29, 1.82) is 0 Å². The van der Waals surface area contributed by atoms with Crippen LogP contribution in [-0.4, -0.2) is 16.7 Å². The smallest absolute Gasteiger partial charge is 0.242 e. The maximum atomic E-state index is 4.61. The Morgan fingerprint density at radius 1 is 0.515 bits per heavy atom. The van der Waals surface area contributed by atoms with Crippen molar-refractivity contribution in [3.63, 3.8) is 0 Å². The van der Waals surface area contributed by atoms with Crippen molar-refractivity contribution >= 4 is 23.1 Å². The fourth-order valence-corrected chi connectivity index (χ4v) is 5.67. The number of aromatic nitrogens is 2. The molecule has 0 saturated heterocycles. The SMILES string of the molecule is c1ccc(-c2ccc3c(c2)B2c4cc(-c5ccccn5)ccc4Cc4cccc(c42)C3)nc1. The third-order valence-electron chi connectivity index (χ3n) is 7.17. The fourth-order valence-electron chi connectivity index (χ4n) is 5.67. The standard InChI is InChI=1S/C30H21BN2/c1-3-14-32-28(8-1)22-12-10-20-16-24-6-5-7-25-17-21-11-13-23(29-9-2-4-15-33-29)19-27(21)31(30(24)25)26(20)18-22/h1-15,18-19H,16-17H2. The van der Waals surface area contributed by atoms with Gasteiger partial charge in [0, 0.05) is 12.4 Å². The molecule has 2 aliphatic heterocycles. The summed E-state index contributed by atoms with van der Waals surface area (Å²) in [5.74, 6) is 0.